The first-order valence-corrected chi connectivity index (χ1v) is 7.41. The van der Waals surface area contributed by atoms with Crippen molar-refractivity contribution < 1.29 is 19.4 Å². The van der Waals surface area contributed by atoms with Crippen molar-refractivity contribution >= 4 is 11.7 Å². The highest BCUT2D eigenvalue weighted by Gasteiger charge is 2.15. The highest BCUT2D eigenvalue weighted by molar-refractivity contribution is 5.91. The summed E-state index contributed by atoms with van der Waals surface area (Å²) in [5.41, 5.74) is 9.42. The molecule has 23 heavy (non-hydrogen) atoms. The van der Waals surface area contributed by atoms with Gasteiger partial charge in [0.2, 0.25) is 0 Å². The summed E-state index contributed by atoms with van der Waals surface area (Å²) in [5.74, 6) is 0.131. The summed E-state index contributed by atoms with van der Waals surface area (Å²) >= 11 is 0. The van der Waals surface area contributed by atoms with Crippen molar-refractivity contribution in [2.24, 2.45) is 0 Å². The van der Waals surface area contributed by atoms with Gasteiger partial charge in [0.05, 0.1) is 25.0 Å². The van der Waals surface area contributed by atoms with Crippen LogP contribution in [0.1, 0.15) is 34.0 Å². The molecule has 5 nitrogen and oxygen atoms in total. The minimum absolute atomic E-state index is 0.0738. The molecular formula is C18H21NO4. The van der Waals surface area contributed by atoms with Gasteiger partial charge in [0, 0.05) is 5.56 Å². The number of nitrogen functional groups attached to an aromatic ring is 1. The first-order valence-electron chi connectivity index (χ1n) is 7.41. The first-order chi connectivity index (χ1) is 11.1. The molecule has 2 rings (SSSR count). The Morgan fingerprint density at radius 2 is 2.04 bits per heavy atom. The quantitative estimate of drug-likeness (QED) is 0.632. The lowest BCUT2D eigenvalue weighted by Gasteiger charge is -2.15. The fraction of sp³-hybridized carbons (Fsp3) is 0.278. The van der Waals surface area contributed by atoms with Crippen LogP contribution in [0.4, 0.5) is 5.69 Å². The molecule has 0 bridgehead atoms. The third-order valence-corrected chi connectivity index (χ3v) is 3.69. The Hall–Kier alpha value is -2.53. The molecule has 0 aliphatic carbocycles. The zero-order valence-electron chi connectivity index (χ0n) is 13.3. The van der Waals surface area contributed by atoms with E-state index >= 15 is 0 Å². The van der Waals surface area contributed by atoms with E-state index in [0.717, 1.165) is 23.1 Å². The number of rotatable bonds is 6. The summed E-state index contributed by atoms with van der Waals surface area (Å²) in [7, 11) is 1.36. The highest BCUT2D eigenvalue weighted by atomic mass is 16.5. The molecule has 0 saturated heterocycles. The molecule has 0 amide bonds. The Morgan fingerprint density at radius 3 is 2.65 bits per heavy atom. The third kappa shape index (κ3) is 3.81. The Bertz CT molecular complexity index is 697. The summed E-state index contributed by atoms with van der Waals surface area (Å²) < 4.78 is 10.6. The van der Waals surface area contributed by atoms with E-state index in [-0.39, 0.29) is 19.2 Å². The predicted molar refractivity (Wildman–Crippen MR) is 88.3 cm³/mol. The van der Waals surface area contributed by atoms with Gasteiger partial charge in [-0.15, -0.1) is 0 Å². The van der Waals surface area contributed by atoms with Crippen LogP contribution in [0, 0.1) is 0 Å². The van der Waals surface area contributed by atoms with Gasteiger partial charge in [-0.05, 0) is 35.7 Å². The summed E-state index contributed by atoms with van der Waals surface area (Å²) in [6, 6.07) is 10.7. The molecule has 5 heteroatoms. The monoisotopic (exact) mass is 315 g/mol. The van der Waals surface area contributed by atoms with Crippen molar-refractivity contribution in [2.45, 2.75) is 26.6 Å². The number of hydrogen-bond donors (Lipinski definition) is 2. The lowest BCUT2D eigenvalue weighted by atomic mass is 10.00. The number of carbonyl (C=O) groups is 1. The van der Waals surface area contributed by atoms with Crippen LogP contribution in [0.25, 0.3) is 0 Å². The van der Waals surface area contributed by atoms with Crippen LogP contribution >= 0.6 is 0 Å². The second-order valence-electron chi connectivity index (χ2n) is 5.11. The molecule has 0 atom stereocenters. The van der Waals surface area contributed by atoms with E-state index in [1.54, 1.807) is 24.3 Å². The maximum absolute atomic E-state index is 11.9. The number of ether oxygens (including phenoxy) is 2. The van der Waals surface area contributed by atoms with Crippen LogP contribution in [0.2, 0.25) is 0 Å². The van der Waals surface area contributed by atoms with E-state index in [1.807, 2.05) is 19.1 Å². The minimum atomic E-state index is -0.387. The van der Waals surface area contributed by atoms with Crippen molar-refractivity contribution in [1.29, 1.82) is 0 Å². The van der Waals surface area contributed by atoms with Crippen LogP contribution in [-0.4, -0.2) is 18.2 Å². The van der Waals surface area contributed by atoms with Gasteiger partial charge in [0.15, 0.2) is 0 Å². The van der Waals surface area contributed by atoms with E-state index in [0.29, 0.717) is 17.0 Å². The molecule has 0 aromatic heterocycles. The predicted octanol–water partition coefficient (Wildman–Crippen LogP) is 2.69. The van der Waals surface area contributed by atoms with Crippen LogP contribution in [-0.2, 0) is 24.4 Å². The number of anilines is 1. The van der Waals surface area contributed by atoms with Crippen molar-refractivity contribution in [3.05, 3.63) is 58.7 Å². The van der Waals surface area contributed by atoms with E-state index < -0.39 is 0 Å². The van der Waals surface area contributed by atoms with Crippen molar-refractivity contribution in [3.8, 4) is 5.75 Å². The van der Waals surface area contributed by atoms with Gasteiger partial charge in [-0.2, -0.15) is 0 Å². The lowest BCUT2D eigenvalue weighted by Crippen LogP contribution is -2.11. The van der Waals surface area contributed by atoms with Crippen molar-refractivity contribution in [1.82, 2.24) is 0 Å². The zero-order chi connectivity index (χ0) is 16.8. The average Bonchev–Trinajstić information content (AvgIpc) is 2.59. The van der Waals surface area contributed by atoms with Crippen LogP contribution in [0.3, 0.4) is 0 Å². The maximum atomic E-state index is 11.9. The van der Waals surface area contributed by atoms with Gasteiger partial charge in [-0.1, -0.05) is 25.1 Å². The number of benzene rings is 2. The smallest absolute Gasteiger partial charge is 0.338 e. The summed E-state index contributed by atoms with van der Waals surface area (Å²) in [6.45, 7) is 2.16. The molecule has 3 N–H and O–H groups in total. The second kappa shape index (κ2) is 7.65. The number of aryl methyl sites for hydroxylation is 1. The highest BCUT2D eigenvalue weighted by Crippen LogP contribution is 2.25. The molecule has 2 aromatic rings. The number of carbonyl (C=O) groups excluding carboxylic acids is 1. The molecule has 2 aromatic carbocycles. The normalized spacial score (nSPS) is 10.4. The standard InChI is InChI=1S/C18H21NO4/c1-3-13-5-4-6-14(18(21)22-2)15(13)11-23-17-8-7-12(10-20)9-16(17)19/h4-9,20H,3,10-11,19H2,1-2H3. The number of esters is 1. The van der Waals surface area contributed by atoms with Gasteiger partial charge in [-0.25, -0.2) is 4.79 Å². The molecule has 0 spiro atoms. The van der Waals surface area contributed by atoms with Gasteiger partial charge >= 0.3 is 5.97 Å². The SMILES string of the molecule is CCc1cccc(C(=O)OC)c1COc1ccc(CO)cc1N. The molecule has 0 saturated carbocycles. The molecule has 0 unspecified atom stereocenters. The molecule has 122 valence electrons. The van der Waals surface area contributed by atoms with Crippen molar-refractivity contribution in [3.63, 3.8) is 0 Å². The minimum Gasteiger partial charge on any atom is -0.487 e. The lowest BCUT2D eigenvalue weighted by molar-refractivity contribution is 0.0597. The molecule has 0 heterocycles. The Balaban J connectivity index is 2.27. The average molecular weight is 315 g/mol. The molecule has 0 radical (unpaired) electrons. The van der Waals surface area contributed by atoms with E-state index in [1.165, 1.54) is 7.11 Å². The van der Waals surface area contributed by atoms with Gasteiger partial charge < -0.3 is 20.3 Å². The van der Waals surface area contributed by atoms with Crippen LogP contribution in [0.15, 0.2) is 36.4 Å². The fourth-order valence-electron chi connectivity index (χ4n) is 2.42. The third-order valence-electron chi connectivity index (χ3n) is 3.69. The topological polar surface area (TPSA) is 81.8 Å². The Labute approximate surface area is 135 Å². The van der Waals surface area contributed by atoms with Crippen LogP contribution < -0.4 is 10.5 Å². The van der Waals surface area contributed by atoms with E-state index in [9.17, 15) is 4.79 Å². The van der Waals surface area contributed by atoms with Crippen molar-refractivity contribution in [2.75, 3.05) is 12.8 Å². The largest absolute Gasteiger partial charge is 0.487 e. The summed E-state index contributed by atoms with van der Waals surface area (Å²) in [5, 5.41) is 9.11. The van der Waals surface area contributed by atoms with E-state index in [2.05, 4.69) is 0 Å². The number of aliphatic hydroxyl groups excluding tert-OH is 1. The molecule has 0 fully saturated rings. The van der Waals surface area contributed by atoms with Gasteiger partial charge in [0.25, 0.3) is 0 Å². The number of hydrogen-bond acceptors (Lipinski definition) is 5. The second-order valence-corrected chi connectivity index (χ2v) is 5.11. The molecular weight excluding hydrogens is 294 g/mol. The Morgan fingerprint density at radius 1 is 1.26 bits per heavy atom. The zero-order valence-corrected chi connectivity index (χ0v) is 13.3. The van der Waals surface area contributed by atoms with Gasteiger partial charge in [0.1, 0.15) is 12.4 Å². The summed E-state index contributed by atoms with van der Waals surface area (Å²) in [6.07, 6.45) is 0.780. The fourth-order valence-corrected chi connectivity index (χ4v) is 2.42. The maximum Gasteiger partial charge on any atom is 0.338 e. The molecule has 0 aliphatic heterocycles. The Kier molecular flexibility index (Phi) is 5.60. The summed E-state index contributed by atoms with van der Waals surface area (Å²) in [4.78, 5) is 11.9. The number of aliphatic hydroxyl groups is 1. The number of methoxy groups -OCH3 is 1. The molecule has 0 aliphatic rings. The first kappa shape index (κ1) is 16.8. The van der Waals surface area contributed by atoms with E-state index in [4.69, 9.17) is 20.3 Å². The number of nitrogens with two attached hydrogens (primary N) is 1. The van der Waals surface area contributed by atoms with Gasteiger partial charge in [-0.3, -0.25) is 0 Å². The van der Waals surface area contributed by atoms with Crippen LogP contribution in [0.5, 0.6) is 5.75 Å².